The second-order valence-corrected chi connectivity index (χ2v) is 6.13. The third-order valence-electron chi connectivity index (χ3n) is 4.21. The molecule has 1 N–H and O–H groups in total. The molecule has 7 heteroatoms. The monoisotopic (exact) mass is 372 g/mol. The molecule has 1 fully saturated rings. The standard InChI is InChI=1S/C20H24N2O5/c1-3-26-19(23)13-27-17-9-8-14(11-18(17)25-2)10-15(12-21)20(24)22-16-6-4-5-7-16/h8-11,16H,3-7,13H2,1-2H3,(H,22,24)/b15-10-. The predicted molar refractivity (Wildman–Crippen MR) is 99.1 cm³/mol. The molecule has 1 aromatic carbocycles. The van der Waals surface area contributed by atoms with Crippen molar-refractivity contribution in [2.75, 3.05) is 20.3 Å². The van der Waals surface area contributed by atoms with Gasteiger partial charge in [0.05, 0.1) is 13.7 Å². The summed E-state index contributed by atoms with van der Waals surface area (Å²) in [5, 5.41) is 12.2. The lowest BCUT2D eigenvalue weighted by Gasteiger charge is -2.12. The zero-order chi connectivity index (χ0) is 19.6. The first-order chi connectivity index (χ1) is 13.1. The highest BCUT2D eigenvalue weighted by Gasteiger charge is 2.19. The van der Waals surface area contributed by atoms with Crippen molar-refractivity contribution in [2.24, 2.45) is 0 Å². The summed E-state index contributed by atoms with van der Waals surface area (Å²) in [6.07, 6.45) is 5.60. The molecule has 1 aliphatic rings. The van der Waals surface area contributed by atoms with Gasteiger partial charge in [-0.1, -0.05) is 18.9 Å². The van der Waals surface area contributed by atoms with Crippen LogP contribution >= 0.6 is 0 Å². The highest BCUT2D eigenvalue weighted by atomic mass is 16.6. The van der Waals surface area contributed by atoms with Gasteiger partial charge >= 0.3 is 5.97 Å². The summed E-state index contributed by atoms with van der Waals surface area (Å²) in [7, 11) is 1.47. The number of methoxy groups -OCH3 is 1. The van der Waals surface area contributed by atoms with Crippen molar-refractivity contribution >= 4 is 18.0 Å². The maximum absolute atomic E-state index is 12.3. The Hall–Kier alpha value is -3.01. The number of ether oxygens (including phenoxy) is 3. The molecule has 27 heavy (non-hydrogen) atoms. The number of hydrogen-bond acceptors (Lipinski definition) is 6. The van der Waals surface area contributed by atoms with E-state index in [9.17, 15) is 14.9 Å². The first-order valence-electron chi connectivity index (χ1n) is 8.96. The minimum Gasteiger partial charge on any atom is -0.493 e. The summed E-state index contributed by atoms with van der Waals surface area (Å²) in [6.45, 7) is 1.77. The van der Waals surface area contributed by atoms with Gasteiger partial charge in [0, 0.05) is 6.04 Å². The Kier molecular flexibility index (Phi) is 7.68. The van der Waals surface area contributed by atoms with Gasteiger partial charge in [-0.25, -0.2) is 4.79 Å². The molecule has 0 aliphatic heterocycles. The van der Waals surface area contributed by atoms with Gasteiger partial charge in [0.15, 0.2) is 18.1 Å². The quantitative estimate of drug-likeness (QED) is 0.428. The highest BCUT2D eigenvalue weighted by Crippen LogP contribution is 2.29. The largest absolute Gasteiger partial charge is 0.493 e. The first-order valence-corrected chi connectivity index (χ1v) is 8.96. The van der Waals surface area contributed by atoms with Crippen molar-refractivity contribution < 1.29 is 23.8 Å². The number of nitriles is 1. The molecule has 7 nitrogen and oxygen atoms in total. The fourth-order valence-corrected chi connectivity index (χ4v) is 2.88. The van der Waals surface area contributed by atoms with E-state index in [2.05, 4.69) is 5.32 Å². The molecule has 0 atom stereocenters. The molecule has 0 spiro atoms. The molecule has 0 unspecified atom stereocenters. The second-order valence-electron chi connectivity index (χ2n) is 6.13. The average molecular weight is 372 g/mol. The minimum absolute atomic E-state index is 0.0316. The number of carbonyl (C=O) groups is 2. The molecule has 1 aromatic rings. The third-order valence-corrected chi connectivity index (χ3v) is 4.21. The molecule has 1 amide bonds. The fraction of sp³-hybridized carbons (Fsp3) is 0.450. The minimum atomic E-state index is -0.473. The van der Waals surface area contributed by atoms with E-state index < -0.39 is 5.97 Å². The van der Waals surface area contributed by atoms with Crippen LogP contribution in [0.1, 0.15) is 38.2 Å². The van der Waals surface area contributed by atoms with E-state index in [0.717, 1.165) is 25.7 Å². The van der Waals surface area contributed by atoms with Crippen LogP contribution in [0, 0.1) is 11.3 Å². The van der Waals surface area contributed by atoms with Gasteiger partial charge in [-0.15, -0.1) is 0 Å². The summed E-state index contributed by atoms with van der Waals surface area (Å²) < 4.78 is 15.5. The van der Waals surface area contributed by atoms with E-state index in [1.54, 1.807) is 25.1 Å². The van der Waals surface area contributed by atoms with Gasteiger partial charge in [-0.3, -0.25) is 4.79 Å². The second kappa shape index (κ2) is 10.2. The average Bonchev–Trinajstić information content (AvgIpc) is 3.17. The van der Waals surface area contributed by atoms with Gasteiger partial charge in [0.1, 0.15) is 11.6 Å². The van der Waals surface area contributed by atoms with Crippen LogP contribution in [0.15, 0.2) is 23.8 Å². The Labute approximate surface area is 158 Å². The maximum Gasteiger partial charge on any atom is 0.344 e. The fourth-order valence-electron chi connectivity index (χ4n) is 2.88. The molecule has 0 aromatic heterocycles. The molecule has 0 saturated heterocycles. The smallest absolute Gasteiger partial charge is 0.344 e. The molecular formula is C20H24N2O5. The van der Waals surface area contributed by atoms with Gasteiger partial charge in [-0.05, 0) is 43.5 Å². The van der Waals surface area contributed by atoms with E-state index >= 15 is 0 Å². The summed E-state index contributed by atoms with van der Waals surface area (Å²) in [6, 6.07) is 7.03. The summed E-state index contributed by atoms with van der Waals surface area (Å²) in [4.78, 5) is 23.7. The van der Waals surface area contributed by atoms with E-state index in [1.807, 2.05) is 6.07 Å². The van der Waals surface area contributed by atoms with Gasteiger partial charge in [-0.2, -0.15) is 5.26 Å². The van der Waals surface area contributed by atoms with Crippen molar-refractivity contribution in [1.82, 2.24) is 5.32 Å². The van der Waals surface area contributed by atoms with E-state index in [4.69, 9.17) is 14.2 Å². The lowest BCUT2D eigenvalue weighted by Crippen LogP contribution is -2.33. The van der Waals surface area contributed by atoms with Gasteiger partial charge in [0.2, 0.25) is 0 Å². The number of esters is 1. The number of carbonyl (C=O) groups excluding carboxylic acids is 2. The summed E-state index contributed by atoms with van der Waals surface area (Å²) in [5.74, 6) is -0.0805. The van der Waals surface area contributed by atoms with Crippen molar-refractivity contribution in [3.8, 4) is 17.6 Å². The number of hydrogen-bond donors (Lipinski definition) is 1. The summed E-state index contributed by atoms with van der Waals surface area (Å²) in [5.41, 5.74) is 0.651. The van der Waals surface area contributed by atoms with E-state index in [0.29, 0.717) is 17.1 Å². The normalized spacial score (nSPS) is 14.3. The van der Waals surface area contributed by atoms with Crippen LogP contribution in [0.4, 0.5) is 0 Å². The molecular weight excluding hydrogens is 348 g/mol. The number of nitrogens with zero attached hydrogens (tertiary/aromatic N) is 1. The molecule has 1 aliphatic carbocycles. The number of benzene rings is 1. The van der Waals surface area contributed by atoms with Crippen molar-refractivity contribution in [3.63, 3.8) is 0 Å². The molecule has 0 radical (unpaired) electrons. The van der Waals surface area contributed by atoms with Crippen molar-refractivity contribution in [2.45, 2.75) is 38.6 Å². The first kappa shape index (κ1) is 20.3. The molecule has 144 valence electrons. The van der Waals surface area contributed by atoms with E-state index in [1.165, 1.54) is 13.2 Å². The Bertz CT molecular complexity index is 745. The molecule has 2 rings (SSSR count). The lowest BCUT2D eigenvalue weighted by atomic mass is 10.1. The predicted octanol–water partition coefficient (Wildman–Crippen LogP) is 2.60. The van der Waals surface area contributed by atoms with Crippen LogP contribution in [-0.2, 0) is 14.3 Å². The van der Waals surface area contributed by atoms with Crippen LogP contribution in [-0.4, -0.2) is 38.2 Å². The zero-order valence-corrected chi connectivity index (χ0v) is 15.6. The molecule has 0 bridgehead atoms. The number of nitrogens with one attached hydrogen (secondary N) is 1. The van der Waals surface area contributed by atoms with Gasteiger partial charge < -0.3 is 19.5 Å². The van der Waals surface area contributed by atoms with Crippen LogP contribution in [0.3, 0.4) is 0 Å². The van der Waals surface area contributed by atoms with Crippen LogP contribution < -0.4 is 14.8 Å². The highest BCUT2D eigenvalue weighted by molar-refractivity contribution is 6.01. The van der Waals surface area contributed by atoms with Crippen molar-refractivity contribution in [1.29, 1.82) is 5.26 Å². The zero-order valence-electron chi connectivity index (χ0n) is 15.6. The van der Waals surface area contributed by atoms with Crippen LogP contribution in [0.25, 0.3) is 6.08 Å². The Balaban J connectivity index is 2.09. The number of rotatable bonds is 8. The Morgan fingerprint density at radius 2 is 2.04 bits per heavy atom. The topological polar surface area (TPSA) is 97.7 Å². The number of amides is 1. The van der Waals surface area contributed by atoms with Crippen LogP contribution in [0.2, 0.25) is 0 Å². The maximum atomic E-state index is 12.3. The van der Waals surface area contributed by atoms with Crippen LogP contribution in [0.5, 0.6) is 11.5 Å². The third kappa shape index (κ3) is 6.03. The Morgan fingerprint density at radius 1 is 1.30 bits per heavy atom. The molecule has 0 heterocycles. The molecule has 1 saturated carbocycles. The van der Waals surface area contributed by atoms with E-state index in [-0.39, 0.29) is 30.7 Å². The lowest BCUT2D eigenvalue weighted by molar-refractivity contribution is -0.145. The van der Waals surface area contributed by atoms with Gasteiger partial charge in [0.25, 0.3) is 5.91 Å². The Morgan fingerprint density at radius 3 is 2.67 bits per heavy atom. The SMILES string of the molecule is CCOC(=O)COc1ccc(/C=C(/C#N)C(=O)NC2CCCC2)cc1OC. The summed E-state index contributed by atoms with van der Waals surface area (Å²) >= 11 is 0. The van der Waals surface area contributed by atoms with Crippen molar-refractivity contribution in [3.05, 3.63) is 29.3 Å².